The van der Waals surface area contributed by atoms with Crippen LogP contribution in [0.4, 0.5) is 0 Å². The number of aromatic nitrogens is 1. The van der Waals surface area contributed by atoms with Crippen molar-refractivity contribution in [2.45, 2.75) is 18.9 Å². The summed E-state index contributed by atoms with van der Waals surface area (Å²) in [6.45, 7) is 2.41. The molecule has 3 heterocycles. The second-order valence-corrected chi connectivity index (χ2v) is 7.28. The molecule has 1 saturated heterocycles. The molecule has 1 atom stereocenters. The van der Waals surface area contributed by atoms with Gasteiger partial charge in [0, 0.05) is 30.1 Å². The number of amides is 1. The van der Waals surface area contributed by atoms with E-state index in [0.717, 1.165) is 31.7 Å². The van der Waals surface area contributed by atoms with Crippen LogP contribution >= 0.6 is 11.3 Å². The molecule has 0 bridgehead atoms. The quantitative estimate of drug-likeness (QED) is 0.700. The molecule has 2 aromatic heterocycles. The normalized spacial score (nSPS) is 17.3. The summed E-state index contributed by atoms with van der Waals surface area (Å²) in [5, 5.41) is 2.07. The van der Waals surface area contributed by atoms with E-state index in [1.54, 1.807) is 11.3 Å². The first kappa shape index (κ1) is 15.2. The Morgan fingerprint density at radius 1 is 1.08 bits per heavy atom. The van der Waals surface area contributed by atoms with Gasteiger partial charge in [0.25, 0.3) is 5.91 Å². The van der Waals surface area contributed by atoms with Gasteiger partial charge in [-0.3, -0.25) is 4.79 Å². The minimum absolute atomic E-state index is 0.148. The molecule has 1 unspecified atom stereocenters. The zero-order chi connectivity index (χ0) is 16.4. The molecule has 24 heavy (non-hydrogen) atoms. The molecule has 1 aromatic carbocycles. The highest BCUT2D eigenvalue weighted by Crippen LogP contribution is 2.28. The number of hydrogen-bond donors (Lipinski definition) is 0. The Bertz CT molecular complexity index is 807. The molecule has 1 aliphatic rings. The Labute approximate surface area is 146 Å². The van der Waals surface area contributed by atoms with E-state index in [9.17, 15) is 4.79 Å². The van der Waals surface area contributed by atoms with Gasteiger partial charge in [-0.25, -0.2) is 0 Å². The summed E-state index contributed by atoms with van der Waals surface area (Å²) in [6, 6.07) is 18.6. The van der Waals surface area contributed by atoms with E-state index in [1.165, 1.54) is 10.4 Å². The first-order valence-electron chi connectivity index (χ1n) is 8.33. The third-order valence-corrected chi connectivity index (χ3v) is 5.56. The monoisotopic (exact) mass is 336 g/mol. The van der Waals surface area contributed by atoms with E-state index in [4.69, 9.17) is 0 Å². The summed E-state index contributed by atoms with van der Waals surface area (Å²) in [4.78, 5) is 16.2. The van der Waals surface area contributed by atoms with Gasteiger partial charge < -0.3 is 9.47 Å². The molecule has 0 saturated carbocycles. The third kappa shape index (κ3) is 3.02. The van der Waals surface area contributed by atoms with Crippen LogP contribution in [0.25, 0.3) is 0 Å². The van der Waals surface area contributed by atoms with Crippen molar-refractivity contribution in [3.8, 4) is 0 Å². The lowest BCUT2D eigenvalue weighted by molar-refractivity contribution is 0.0780. The van der Waals surface area contributed by atoms with Crippen LogP contribution in [0.3, 0.4) is 0 Å². The second-order valence-electron chi connectivity index (χ2n) is 6.25. The number of hydrogen-bond acceptors (Lipinski definition) is 2. The maximum Gasteiger partial charge on any atom is 0.270 e. The zero-order valence-corrected chi connectivity index (χ0v) is 14.3. The van der Waals surface area contributed by atoms with Crippen LogP contribution in [0, 0.1) is 0 Å². The van der Waals surface area contributed by atoms with Crippen LogP contribution in [-0.4, -0.2) is 28.5 Å². The number of rotatable bonds is 4. The van der Waals surface area contributed by atoms with Gasteiger partial charge in [0.15, 0.2) is 0 Å². The summed E-state index contributed by atoms with van der Waals surface area (Å²) in [5.41, 5.74) is 2.12. The molecule has 4 heteroatoms. The van der Waals surface area contributed by atoms with Gasteiger partial charge in [-0.1, -0.05) is 36.4 Å². The molecule has 4 rings (SSSR count). The van der Waals surface area contributed by atoms with Crippen molar-refractivity contribution in [2.75, 3.05) is 13.1 Å². The smallest absolute Gasteiger partial charge is 0.270 e. The average Bonchev–Trinajstić information content (AvgIpc) is 3.37. The molecule has 0 spiro atoms. The van der Waals surface area contributed by atoms with E-state index in [0.29, 0.717) is 5.92 Å². The minimum Gasteiger partial charge on any atom is -0.338 e. The van der Waals surface area contributed by atoms with Gasteiger partial charge >= 0.3 is 0 Å². The SMILES string of the molecule is O=C(c1cccn1Cc1cccs1)N1CCC(c2ccccc2)C1. The van der Waals surface area contributed by atoms with E-state index >= 15 is 0 Å². The van der Waals surface area contributed by atoms with Crippen molar-refractivity contribution >= 4 is 17.2 Å². The lowest BCUT2D eigenvalue weighted by Crippen LogP contribution is -2.30. The first-order valence-corrected chi connectivity index (χ1v) is 9.21. The van der Waals surface area contributed by atoms with Crippen molar-refractivity contribution in [1.29, 1.82) is 0 Å². The van der Waals surface area contributed by atoms with Crippen molar-refractivity contribution in [3.63, 3.8) is 0 Å². The van der Waals surface area contributed by atoms with Gasteiger partial charge in [-0.2, -0.15) is 0 Å². The van der Waals surface area contributed by atoms with Crippen LogP contribution in [0.15, 0.2) is 66.2 Å². The summed E-state index contributed by atoms with van der Waals surface area (Å²) >= 11 is 1.73. The second kappa shape index (κ2) is 6.65. The van der Waals surface area contributed by atoms with Gasteiger partial charge in [0.1, 0.15) is 5.69 Å². The van der Waals surface area contributed by atoms with Crippen LogP contribution in [0.1, 0.15) is 33.3 Å². The van der Waals surface area contributed by atoms with E-state index < -0.39 is 0 Å². The number of benzene rings is 1. The summed E-state index contributed by atoms with van der Waals surface area (Å²) in [7, 11) is 0. The number of carbonyl (C=O) groups is 1. The Balaban J connectivity index is 1.48. The maximum atomic E-state index is 12.9. The molecule has 1 amide bonds. The molecular weight excluding hydrogens is 316 g/mol. The van der Waals surface area contributed by atoms with Gasteiger partial charge in [0.05, 0.1) is 6.54 Å². The molecule has 1 aliphatic heterocycles. The van der Waals surface area contributed by atoms with Crippen LogP contribution in [0.5, 0.6) is 0 Å². The van der Waals surface area contributed by atoms with E-state index in [-0.39, 0.29) is 5.91 Å². The molecule has 0 N–H and O–H groups in total. The predicted molar refractivity (Wildman–Crippen MR) is 97.6 cm³/mol. The highest BCUT2D eigenvalue weighted by molar-refractivity contribution is 7.09. The number of carbonyl (C=O) groups excluding carboxylic acids is 1. The Kier molecular flexibility index (Phi) is 4.22. The van der Waals surface area contributed by atoms with Crippen LogP contribution < -0.4 is 0 Å². The summed E-state index contributed by atoms with van der Waals surface area (Å²) in [6.07, 6.45) is 3.04. The molecule has 0 aliphatic carbocycles. The molecule has 0 radical (unpaired) electrons. The van der Waals surface area contributed by atoms with Crippen molar-refractivity contribution in [3.05, 3.63) is 82.3 Å². The number of likely N-dealkylation sites (tertiary alicyclic amines) is 1. The molecule has 122 valence electrons. The summed E-state index contributed by atoms with van der Waals surface area (Å²) < 4.78 is 2.06. The Morgan fingerprint density at radius 3 is 2.75 bits per heavy atom. The van der Waals surface area contributed by atoms with Crippen molar-refractivity contribution in [2.24, 2.45) is 0 Å². The molecular formula is C20H20N2OS. The molecule has 1 fully saturated rings. The predicted octanol–water partition coefficient (Wildman–Crippen LogP) is 4.23. The highest BCUT2D eigenvalue weighted by atomic mass is 32.1. The Hall–Kier alpha value is -2.33. The van der Waals surface area contributed by atoms with Gasteiger partial charge in [-0.05, 0) is 35.6 Å². The molecule has 3 aromatic rings. The fourth-order valence-corrected chi connectivity index (χ4v) is 4.12. The van der Waals surface area contributed by atoms with Crippen molar-refractivity contribution < 1.29 is 4.79 Å². The lowest BCUT2D eigenvalue weighted by atomic mass is 9.99. The standard InChI is InChI=1S/C20H20N2OS/c23-20(19-9-4-11-21(19)15-18-8-5-13-24-18)22-12-10-17(14-22)16-6-2-1-3-7-16/h1-9,11,13,17H,10,12,14-15H2. The van der Waals surface area contributed by atoms with Gasteiger partial charge in [0.2, 0.25) is 0 Å². The topological polar surface area (TPSA) is 25.2 Å². The van der Waals surface area contributed by atoms with Crippen molar-refractivity contribution in [1.82, 2.24) is 9.47 Å². The first-order chi connectivity index (χ1) is 11.8. The minimum atomic E-state index is 0.148. The van der Waals surface area contributed by atoms with Crippen LogP contribution in [-0.2, 0) is 6.54 Å². The molecule has 3 nitrogen and oxygen atoms in total. The maximum absolute atomic E-state index is 12.9. The van der Waals surface area contributed by atoms with E-state index in [2.05, 4.69) is 46.3 Å². The van der Waals surface area contributed by atoms with E-state index in [1.807, 2.05) is 29.3 Å². The summed E-state index contributed by atoms with van der Waals surface area (Å²) in [5.74, 6) is 0.603. The largest absolute Gasteiger partial charge is 0.338 e. The highest BCUT2D eigenvalue weighted by Gasteiger charge is 2.29. The van der Waals surface area contributed by atoms with Crippen LogP contribution in [0.2, 0.25) is 0 Å². The van der Waals surface area contributed by atoms with Gasteiger partial charge in [-0.15, -0.1) is 11.3 Å². The fourth-order valence-electron chi connectivity index (χ4n) is 3.42. The average molecular weight is 336 g/mol. The zero-order valence-electron chi connectivity index (χ0n) is 13.5. The fraction of sp³-hybridized carbons (Fsp3) is 0.250. The Morgan fingerprint density at radius 2 is 1.96 bits per heavy atom. The number of thiophene rings is 1. The third-order valence-electron chi connectivity index (χ3n) is 4.70. The number of nitrogens with zero attached hydrogens (tertiary/aromatic N) is 2. The lowest BCUT2D eigenvalue weighted by Gasteiger charge is -2.18.